The van der Waals surface area contributed by atoms with E-state index in [1.54, 1.807) is 23.1 Å². The van der Waals surface area contributed by atoms with Gasteiger partial charge in [-0.15, -0.1) is 0 Å². The number of amides is 2. The van der Waals surface area contributed by atoms with Crippen molar-refractivity contribution in [3.05, 3.63) is 98.4 Å². The summed E-state index contributed by atoms with van der Waals surface area (Å²) in [7, 11) is 0. The summed E-state index contributed by atoms with van der Waals surface area (Å²) in [4.78, 5) is 28.1. The number of nitrogens with one attached hydrogen (secondary N) is 1. The molecule has 8 heteroatoms. The van der Waals surface area contributed by atoms with E-state index in [4.69, 9.17) is 27.9 Å². The summed E-state index contributed by atoms with van der Waals surface area (Å²) in [5.41, 5.74) is 1.84. The van der Waals surface area contributed by atoms with Gasteiger partial charge in [-0.3, -0.25) is 9.59 Å². The fourth-order valence-electron chi connectivity index (χ4n) is 3.49. The molecule has 2 amide bonds. The van der Waals surface area contributed by atoms with Crippen molar-refractivity contribution in [3.63, 3.8) is 0 Å². The molecule has 1 unspecified atom stereocenters. The first-order chi connectivity index (χ1) is 16.4. The third-order valence-electron chi connectivity index (χ3n) is 5.11. The van der Waals surface area contributed by atoms with Crippen LogP contribution in [-0.4, -0.2) is 35.9 Å². The molecule has 0 aromatic heterocycles. The van der Waals surface area contributed by atoms with E-state index in [2.05, 4.69) is 21.2 Å². The molecule has 178 valence electrons. The van der Waals surface area contributed by atoms with Crippen LogP contribution in [0.25, 0.3) is 0 Å². The molecule has 0 spiro atoms. The van der Waals surface area contributed by atoms with E-state index >= 15 is 0 Å². The van der Waals surface area contributed by atoms with Crippen LogP contribution in [0.15, 0.2) is 77.3 Å². The Balaban J connectivity index is 1.90. The zero-order chi connectivity index (χ0) is 24.5. The largest absolute Gasteiger partial charge is 0.482 e. The van der Waals surface area contributed by atoms with Crippen LogP contribution in [0.3, 0.4) is 0 Å². The van der Waals surface area contributed by atoms with Crippen molar-refractivity contribution in [2.45, 2.75) is 25.9 Å². The minimum atomic E-state index is -0.724. The smallest absolute Gasteiger partial charge is 0.261 e. The highest BCUT2D eigenvalue weighted by Crippen LogP contribution is 2.27. The Labute approximate surface area is 218 Å². The van der Waals surface area contributed by atoms with Crippen LogP contribution < -0.4 is 10.1 Å². The van der Waals surface area contributed by atoms with Gasteiger partial charge in [-0.05, 0) is 48.4 Å². The summed E-state index contributed by atoms with van der Waals surface area (Å²) in [5.74, 6) is -0.211. The number of ether oxygens (including phenoxy) is 1. The molecule has 3 aromatic carbocycles. The van der Waals surface area contributed by atoms with Crippen LogP contribution in [0.4, 0.5) is 0 Å². The molecule has 1 N–H and O–H groups in total. The third-order valence-corrected chi connectivity index (χ3v) is 6.13. The summed E-state index contributed by atoms with van der Waals surface area (Å²) in [6, 6.07) is 21.3. The van der Waals surface area contributed by atoms with Gasteiger partial charge in [0.25, 0.3) is 5.91 Å². The normalized spacial score (nSPS) is 11.5. The van der Waals surface area contributed by atoms with E-state index in [0.717, 1.165) is 15.6 Å². The molecule has 3 rings (SSSR count). The summed E-state index contributed by atoms with van der Waals surface area (Å²) >= 11 is 15.6. The Morgan fingerprint density at radius 3 is 2.41 bits per heavy atom. The second-order valence-corrected chi connectivity index (χ2v) is 9.37. The van der Waals surface area contributed by atoms with E-state index in [-0.39, 0.29) is 25.0 Å². The Hall–Kier alpha value is -2.54. The van der Waals surface area contributed by atoms with Crippen LogP contribution in [0, 0.1) is 0 Å². The van der Waals surface area contributed by atoms with E-state index in [1.165, 1.54) is 0 Å². The fraction of sp³-hybridized carbons (Fsp3) is 0.231. The number of hydrogen-bond acceptors (Lipinski definition) is 3. The van der Waals surface area contributed by atoms with Crippen molar-refractivity contribution in [1.82, 2.24) is 10.2 Å². The van der Waals surface area contributed by atoms with Gasteiger partial charge in [-0.2, -0.15) is 0 Å². The lowest BCUT2D eigenvalue weighted by molar-refractivity contribution is -0.142. The molecule has 0 fully saturated rings. The van der Waals surface area contributed by atoms with Gasteiger partial charge in [0.15, 0.2) is 6.61 Å². The first-order valence-corrected chi connectivity index (χ1v) is 12.4. The van der Waals surface area contributed by atoms with Crippen molar-refractivity contribution in [2.24, 2.45) is 0 Å². The number of halogens is 3. The summed E-state index contributed by atoms with van der Waals surface area (Å²) in [6.07, 6.45) is 0.369. The van der Waals surface area contributed by atoms with Gasteiger partial charge in [0.05, 0.1) is 5.02 Å². The van der Waals surface area contributed by atoms with Crippen molar-refractivity contribution in [2.75, 3.05) is 13.2 Å². The Morgan fingerprint density at radius 2 is 1.74 bits per heavy atom. The molecule has 0 heterocycles. The highest BCUT2D eigenvalue weighted by molar-refractivity contribution is 9.10. The average Bonchev–Trinajstić information content (AvgIpc) is 2.81. The zero-order valence-corrected chi connectivity index (χ0v) is 21.7. The molecule has 1 atom stereocenters. The Kier molecular flexibility index (Phi) is 9.81. The van der Waals surface area contributed by atoms with Crippen LogP contribution in [0.1, 0.15) is 18.1 Å². The van der Waals surface area contributed by atoms with E-state index in [1.807, 2.05) is 61.5 Å². The molecule has 0 saturated carbocycles. The third kappa shape index (κ3) is 7.49. The number of carbonyl (C=O) groups excluding carboxylic acids is 2. The Morgan fingerprint density at radius 1 is 1.00 bits per heavy atom. The van der Waals surface area contributed by atoms with Gasteiger partial charge in [-0.1, -0.05) is 81.6 Å². The first kappa shape index (κ1) is 26.1. The molecule has 3 aromatic rings. The molecular formula is C26H25BrCl2N2O3. The second-order valence-electron chi connectivity index (χ2n) is 7.62. The summed E-state index contributed by atoms with van der Waals surface area (Å²) in [5, 5.41) is 3.65. The maximum atomic E-state index is 13.5. The minimum absolute atomic E-state index is 0.223. The number of carbonyl (C=O) groups is 2. The lowest BCUT2D eigenvalue weighted by Crippen LogP contribution is -2.51. The lowest BCUT2D eigenvalue weighted by Gasteiger charge is -2.31. The molecule has 0 bridgehead atoms. The highest BCUT2D eigenvalue weighted by Gasteiger charge is 2.30. The predicted octanol–water partition coefficient (Wildman–Crippen LogP) is 5.91. The van der Waals surface area contributed by atoms with Crippen LogP contribution in [0.2, 0.25) is 10.0 Å². The SMILES string of the molecule is CCNC(=O)C(Cc1ccccc1)N(Cc1cccc(Br)c1)C(=O)COc1ccc(Cl)cc1Cl. The molecule has 34 heavy (non-hydrogen) atoms. The molecule has 0 aliphatic heterocycles. The molecule has 0 saturated heterocycles. The maximum absolute atomic E-state index is 13.5. The standard InChI is InChI=1S/C26H25BrCl2N2O3/c1-2-30-26(33)23(14-18-7-4-3-5-8-18)31(16-19-9-6-10-20(27)13-19)25(32)17-34-24-12-11-21(28)15-22(24)29/h3-13,15,23H,2,14,16-17H2,1H3,(H,30,33). The number of nitrogens with zero attached hydrogens (tertiary/aromatic N) is 1. The molecule has 5 nitrogen and oxygen atoms in total. The number of benzene rings is 3. The molecular weight excluding hydrogens is 539 g/mol. The summed E-state index contributed by atoms with van der Waals surface area (Å²) in [6.45, 7) is 2.27. The molecule has 0 aliphatic carbocycles. The van der Waals surface area contributed by atoms with Crippen LogP contribution >= 0.6 is 39.1 Å². The topological polar surface area (TPSA) is 58.6 Å². The van der Waals surface area contributed by atoms with Gasteiger partial charge < -0.3 is 15.0 Å². The molecule has 0 radical (unpaired) electrons. The second kappa shape index (κ2) is 12.8. The first-order valence-electron chi connectivity index (χ1n) is 10.8. The van der Waals surface area contributed by atoms with Crippen molar-refractivity contribution >= 4 is 50.9 Å². The van der Waals surface area contributed by atoms with Gasteiger partial charge in [0.2, 0.25) is 5.91 Å². The van der Waals surface area contributed by atoms with Gasteiger partial charge in [-0.25, -0.2) is 0 Å². The highest BCUT2D eigenvalue weighted by atomic mass is 79.9. The predicted molar refractivity (Wildman–Crippen MR) is 139 cm³/mol. The number of likely N-dealkylation sites (N-methyl/N-ethyl adjacent to an activating group) is 1. The zero-order valence-electron chi connectivity index (χ0n) is 18.6. The lowest BCUT2D eigenvalue weighted by atomic mass is 10.0. The van der Waals surface area contributed by atoms with Crippen LogP contribution in [-0.2, 0) is 22.6 Å². The number of rotatable bonds is 10. The van der Waals surface area contributed by atoms with Gasteiger partial charge in [0, 0.05) is 29.0 Å². The minimum Gasteiger partial charge on any atom is -0.482 e. The number of hydrogen-bond donors (Lipinski definition) is 1. The van der Waals surface area contributed by atoms with Gasteiger partial charge in [0.1, 0.15) is 11.8 Å². The van der Waals surface area contributed by atoms with E-state index < -0.39 is 6.04 Å². The maximum Gasteiger partial charge on any atom is 0.261 e. The van der Waals surface area contributed by atoms with E-state index in [9.17, 15) is 9.59 Å². The fourth-order valence-corrected chi connectivity index (χ4v) is 4.40. The van der Waals surface area contributed by atoms with E-state index in [0.29, 0.717) is 28.8 Å². The van der Waals surface area contributed by atoms with Crippen molar-refractivity contribution < 1.29 is 14.3 Å². The molecule has 0 aliphatic rings. The Bertz CT molecular complexity index is 1130. The van der Waals surface area contributed by atoms with Crippen molar-refractivity contribution in [1.29, 1.82) is 0 Å². The average molecular weight is 564 g/mol. The van der Waals surface area contributed by atoms with Gasteiger partial charge >= 0.3 is 0 Å². The van der Waals surface area contributed by atoms with Crippen molar-refractivity contribution in [3.8, 4) is 5.75 Å². The summed E-state index contributed by atoms with van der Waals surface area (Å²) < 4.78 is 6.60. The monoisotopic (exact) mass is 562 g/mol. The van der Waals surface area contributed by atoms with Crippen LogP contribution in [0.5, 0.6) is 5.75 Å². The quantitative estimate of drug-likeness (QED) is 0.333.